The molecule has 0 aliphatic carbocycles. The summed E-state index contributed by atoms with van der Waals surface area (Å²) >= 11 is 0. The smallest absolute Gasteiger partial charge is 0.251 e. The third kappa shape index (κ3) is 2.30. The molecule has 5 heteroatoms. The lowest BCUT2D eigenvalue weighted by Crippen LogP contribution is -2.36. The Kier molecular flexibility index (Phi) is 3.05. The van der Waals surface area contributed by atoms with Crippen molar-refractivity contribution in [2.24, 2.45) is 7.05 Å². The molecule has 1 unspecified atom stereocenters. The molecular formula is C11H15N3O2. The summed E-state index contributed by atoms with van der Waals surface area (Å²) in [6.45, 7) is 1.73. The fraction of sp³-hybridized carbons (Fsp3) is 0.455. The van der Waals surface area contributed by atoms with Gasteiger partial charge in [0.1, 0.15) is 0 Å². The SMILES string of the molecule is Cn1ccc(C(=O)NC2CCNC2)cc1=O. The first-order valence-electron chi connectivity index (χ1n) is 5.35. The van der Waals surface area contributed by atoms with Gasteiger partial charge >= 0.3 is 0 Å². The maximum Gasteiger partial charge on any atom is 0.251 e. The number of amides is 1. The Labute approximate surface area is 93.5 Å². The Balaban J connectivity index is 2.08. The van der Waals surface area contributed by atoms with Crippen molar-refractivity contribution >= 4 is 5.91 Å². The maximum atomic E-state index is 11.8. The predicted molar refractivity (Wildman–Crippen MR) is 60.4 cm³/mol. The average molecular weight is 221 g/mol. The molecule has 1 aliphatic heterocycles. The number of pyridine rings is 1. The molecule has 0 radical (unpaired) electrons. The van der Waals surface area contributed by atoms with Crippen LogP contribution in [0.25, 0.3) is 0 Å². The Morgan fingerprint density at radius 1 is 1.62 bits per heavy atom. The van der Waals surface area contributed by atoms with Gasteiger partial charge in [0, 0.05) is 37.5 Å². The lowest BCUT2D eigenvalue weighted by molar-refractivity contribution is 0.0940. The quantitative estimate of drug-likeness (QED) is 0.706. The topological polar surface area (TPSA) is 63.1 Å². The van der Waals surface area contributed by atoms with Crippen molar-refractivity contribution in [3.05, 3.63) is 34.2 Å². The van der Waals surface area contributed by atoms with E-state index in [9.17, 15) is 9.59 Å². The number of hydrogen-bond donors (Lipinski definition) is 2. The lowest BCUT2D eigenvalue weighted by atomic mass is 10.2. The van der Waals surface area contributed by atoms with E-state index < -0.39 is 0 Å². The van der Waals surface area contributed by atoms with Crippen LogP contribution in [0.5, 0.6) is 0 Å². The van der Waals surface area contributed by atoms with Crippen LogP contribution in [0.15, 0.2) is 23.1 Å². The molecule has 1 aromatic rings. The highest BCUT2D eigenvalue weighted by Crippen LogP contribution is 2.00. The molecular weight excluding hydrogens is 206 g/mol. The summed E-state index contributed by atoms with van der Waals surface area (Å²) in [7, 11) is 1.66. The number of rotatable bonds is 2. The standard InChI is InChI=1S/C11H15N3O2/c1-14-5-3-8(6-10(14)15)11(16)13-9-2-4-12-7-9/h3,5-6,9,12H,2,4,7H2,1H3,(H,13,16). The molecule has 1 amide bonds. The fourth-order valence-corrected chi connectivity index (χ4v) is 1.74. The van der Waals surface area contributed by atoms with E-state index in [2.05, 4.69) is 10.6 Å². The number of nitrogens with zero attached hydrogens (tertiary/aromatic N) is 1. The van der Waals surface area contributed by atoms with Crippen molar-refractivity contribution in [3.8, 4) is 0 Å². The second kappa shape index (κ2) is 4.49. The van der Waals surface area contributed by atoms with Crippen molar-refractivity contribution in [1.82, 2.24) is 15.2 Å². The zero-order valence-corrected chi connectivity index (χ0v) is 9.19. The zero-order valence-electron chi connectivity index (χ0n) is 9.19. The molecule has 1 aromatic heterocycles. The van der Waals surface area contributed by atoms with Crippen LogP contribution in [0, 0.1) is 0 Å². The second-order valence-corrected chi connectivity index (χ2v) is 4.03. The molecule has 5 nitrogen and oxygen atoms in total. The number of carbonyl (C=O) groups is 1. The first-order valence-corrected chi connectivity index (χ1v) is 5.35. The number of nitrogens with one attached hydrogen (secondary N) is 2. The van der Waals surface area contributed by atoms with Crippen molar-refractivity contribution in [2.45, 2.75) is 12.5 Å². The highest BCUT2D eigenvalue weighted by Gasteiger charge is 2.17. The minimum atomic E-state index is -0.175. The first-order chi connectivity index (χ1) is 7.66. The number of hydrogen-bond acceptors (Lipinski definition) is 3. The number of aromatic nitrogens is 1. The zero-order chi connectivity index (χ0) is 11.5. The highest BCUT2D eigenvalue weighted by atomic mass is 16.2. The summed E-state index contributed by atoms with van der Waals surface area (Å²) in [6.07, 6.45) is 2.54. The Hall–Kier alpha value is -1.62. The monoisotopic (exact) mass is 221 g/mol. The largest absolute Gasteiger partial charge is 0.348 e. The fourth-order valence-electron chi connectivity index (χ4n) is 1.74. The van der Waals surface area contributed by atoms with Gasteiger partial charge in [0.15, 0.2) is 0 Å². The molecule has 1 fully saturated rings. The van der Waals surface area contributed by atoms with Gasteiger partial charge in [-0.25, -0.2) is 0 Å². The molecule has 16 heavy (non-hydrogen) atoms. The van der Waals surface area contributed by atoms with E-state index in [1.54, 1.807) is 19.3 Å². The molecule has 86 valence electrons. The molecule has 0 saturated carbocycles. The third-order valence-corrected chi connectivity index (χ3v) is 2.76. The van der Waals surface area contributed by atoms with E-state index >= 15 is 0 Å². The maximum absolute atomic E-state index is 11.8. The van der Waals surface area contributed by atoms with E-state index in [0.717, 1.165) is 19.5 Å². The van der Waals surface area contributed by atoms with Crippen LogP contribution in [-0.4, -0.2) is 29.6 Å². The van der Waals surface area contributed by atoms with E-state index in [1.165, 1.54) is 10.6 Å². The van der Waals surface area contributed by atoms with Crippen LogP contribution in [0.1, 0.15) is 16.8 Å². The summed E-state index contributed by atoms with van der Waals surface area (Å²) < 4.78 is 1.44. The Morgan fingerprint density at radius 2 is 2.44 bits per heavy atom. The predicted octanol–water partition coefficient (Wildman–Crippen LogP) is -0.523. The summed E-state index contributed by atoms with van der Waals surface area (Å²) in [5.74, 6) is -0.175. The van der Waals surface area contributed by atoms with Crippen LogP contribution in [0.4, 0.5) is 0 Å². The minimum Gasteiger partial charge on any atom is -0.348 e. The summed E-state index contributed by atoms with van der Waals surface area (Å²) in [4.78, 5) is 23.1. The van der Waals surface area contributed by atoms with Gasteiger partial charge in [0.25, 0.3) is 11.5 Å². The van der Waals surface area contributed by atoms with E-state index in [4.69, 9.17) is 0 Å². The molecule has 2 N–H and O–H groups in total. The van der Waals surface area contributed by atoms with Gasteiger partial charge in [-0.2, -0.15) is 0 Å². The summed E-state index contributed by atoms with van der Waals surface area (Å²) in [6, 6.07) is 3.19. The van der Waals surface area contributed by atoms with Gasteiger partial charge in [-0.1, -0.05) is 0 Å². The molecule has 1 saturated heterocycles. The molecule has 1 atom stereocenters. The van der Waals surface area contributed by atoms with Crippen molar-refractivity contribution in [2.75, 3.05) is 13.1 Å². The van der Waals surface area contributed by atoms with Crippen molar-refractivity contribution < 1.29 is 4.79 Å². The minimum absolute atomic E-state index is 0.169. The third-order valence-electron chi connectivity index (χ3n) is 2.76. The molecule has 0 aromatic carbocycles. The van der Waals surface area contributed by atoms with Crippen LogP contribution in [-0.2, 0) is 7.05 Å². The number of aryl methyl sites for hydroxylation is 1. The summed E-state index contributed by atoms with van der Waals surface area (Å²) in [5, 5.41) is 6.06. The van der Waals surface area contributed by atoms with Crippen LogP contribution in [0.3, 0.4) is 0 Å². The Bertz CT molecular complexity index is 447. The number of carbonyl (C=O) groups excluding carboxylic acids is 1. The van der Waals surface area contributed by atoms with E-state index in [0.29, 0.717) is 5.56 Å². The van der Waals surface area contributed by atoms with Gasteiger partial charge in [-0.05, 0) is 19.0 Å². The average Bonchev–Trinajstić information content (AvgIpc) is 2.74. The van der Waals surface area contributed by atoms with Gasteiger partial charge in [0.05, 0.1) is 0 Å². The van der Waals surface area contributed by atoms with Crippen LogP contribution in [0.2, 0.25) is 0 Å². The van der Waals surface area contributed by atoms with Gasteiger partial charge in [-0.15, -0.1) is 0 Å². The van der Waals surface area contributed by atoms with E-state index in [1.807, 2.05) is 0 Å². The van der Waals surface area contributed by atoms with Crippen molar-refractivity contribution in [3.63, 3.8) is 0 Å². The van der Waals surface area contributed by atoms with Crippen LogP contribution < -0.4 is 16.2 Å². The van der Waals surface area contributed by atoms with E-state index in [-0.39, 0.29) is 17.5 Å². The van der Waals surface area contributed by atoms with Crippen molar-refractivity contribution in [1.29, 1.82) is 0 Å². The first kappa shape index (κ1) is 10.9. The van der Waals surface area contributed by atoms with Gasteiger partial charge in [0.2, 0.25) is 0 Å². The summed E-state index contributed by atoms with van der Waals surface area (Å²) in [5.41, 5.74) is 0.257. The van der Waals surface area contributed by atoms with Gasteiger partial charge < -0.3 is 15.2 Å². The molecule has 2 heterocycles. The molecule has 1 aliphatic rings. The lowest BCUT2D eigenvalue weighted by Gasteiger charge is -2.11. The van der Waals surface area contributed by atoms with Gasteiger partial charge in [-0.3, -0.25) is 9.59 Å². The highest BCUT2D eigenvalue weighted by molar-refractivity contribution is 5.94. The molecule has 0 bridgehead atoms. The normalized spacial score (nSPS) is 19.7. The molecule has 2 rings (SSSR count). The van der Waals surface area contributed by atoms with Crippen LogP contribution >= 0.6 is 0 Å². The molecule has 0 spiro atoms. The Morgan fingerprint density at radius 3 is 3.06 bits per heavy atom. The second-order valence-electron chi connectivity index (χ2n) is 4.03.